The molecule has 0 heterocycles. The first-order chi connectivity index (χ1) is 51.2. The van der Waals surface area contributed by atoms with Crippen molar-refractivity contribution in [2.45, 2.75) is 478 Å². The molecule has 0 aliphatic heterocycles. The zero-order valence-electron chi connectivity index (χ0n) is 69.9. The van der Waals surface area contributed by atoms with Crippen LogP contribution in [0.3, 0.4) is 0 Å². The summed E-state index contributed by atoms with van der Waals surface area (Å²) in [4.78, 5) is 73.2. The molecule has 0 aromatic carbocycles. The van der Waals surface area contributed by atoms with Crippen molar-refractivity contribution in [3.05, 3.63) is 0 Å². The molecule has 19 heteroatoms. The third-order valence-corrected chi connectivity index (χ3v) is 22.3. The predicted molar refractivity (Wildman–Crippen MR) is 437 cm³/mol. The molecule has 0 aliphatic rings. The lowest BCUT2D eigenvalue weighted by Gasteiger charge is -2.21. The van der Waals surface area contributed by atoms with Gasteiger partial charge in [0.1, 0.15) is 19.3 Å². The minimum atomic E-state index is -4.97. The van der Waals surface area contributed by atoms with Gasteiger partial charge in [0.2, 0.25) is 0 Å². The van der Waals surface area contributed by atoms with E-state index in [1.807, 2.05) is 0 Å². The molecule has 0 aromatic heterocycles. The van der Waals surface area contributed by atoms with Gasteiger partial charge in [0, 0.05) is 25.7 Å². The van der Waals surface area contributed by atoms with E-state index in [-0.39, 0.29) is 25.7 Å². The van der Waals surface area contributed by atoms with Gasteiger partial charge in [-0.3, -0.25) is 37.3 Å². The van der Waals surface area contributed by atoms with Crippen molar-refractivity contribution in [2.24, 2.45) is 17.8 Å². The van der Waals surface area contributed by atoms with Crippen LogP contribution in [0.5, 0.6) is 0 Å². The van der Waals surface area contributed by atoms with Crippen LogP contribution in [0.4, 0.5) is 0 Å². The molecular weight excluding hydrogens is 1380 g/mol. The Morgan fingerprint density at radius 1 is 0.255 bits per heavy atom. The van der Waals surface area contributed by atoms with E-state index < -0.39 is 97.5 Å². The summed E-state index contributed by atoms with van der Waals surface area (Å²) in [5.41, 5.74) is 0. The van der Waals surface area contributed by atoms with Gasteiger partial charge in [0.05, 0.1) is 26.4 Å². The normalized spacial score (nSPS) is 13.9. The van der Waals surface area contributed by atoms with Crippen molar-refractivity contribution >= 4 is 39.5 Å². The fraction of sp³-hybridized carbons (Fsp3) is 0.954. The summed E-state index contributed by atoms with van der Waals surface area (Å²) in [6.07, 6.45) is 68.2. The molecule has 0 saturated heterocycles. The highest BCUT2D eigenvalue weighted by atomic mass is 31.2. The molecule has 0 fully saturated rings. The van der Waals surface area contributed by atoms with Crippen molar-refractivity contribution in [2.75, 3.05) is 39.6 Å². The highest BCUT2D eigenvalue weighted by Crippen LogP contribution is 2.45. The molecule has 0 aliphatic carbocycles. The molecule has 17 nitrogen and oxygen atoms in total. The second-order valence-corrected chi connectivity index (χ2v) is 35.6. The fourth-order valence-corrected chi connectivity index (χ4v) is 15.1. The minimum Gasteiger partial charge on any atom is -0.462 e. The molecule has 0 rings (SSSR count). The van der Waals surface area contributed by atoms with Gasteiger partial charge in [0.25, 0.3) is 0 Å². The highest BCUT2D eigenvalue weighted by molar-refractivity contribution is 7.47. The molecule has 5 atom stereocenters. The van der Waals surface area contributed by atoms with E-state index in [1.165, 1.54) is 263 Å². The molecule has 0 radical (unpaired) electrons. The Hall–Kier alpha value is -1.94. The molecule has 0 aromatic rings. The molecule has 0 saturated carbocycles. The topological polar surface area (TPSA) is 237 Å². The predicted octanol–water partition coefficient (Wildman–Crippen LogP) is 26.5. The average molecular weight is 1550 g/mol. The molecule has 0 spiro atoms. The van der Waals surface area contributed by atoms with E-state index >= 15 is 0 Å². The number of phosphoric acid groups is 2. The lowest BCUT2D eigenvalue weighted by molar-refractivity contribution is -0.161. The average Bonchev–Trinajstić information content (AvgIpc) is 0.902. The monoisotopic (exact) mass is 1550 g/mol. The maximum Gasteiger partial charge on any atom is 0.472 e. The van der Waals surface area contributed by atoms with Gasteiger partial charge in [-0.1, -0.05) is 408 Å². The Morgan fingerprint density at radius 3 is 0.642 bits per heavy atom. The Balaban J connectivity index is 5.23. The Labute approximate surface area is 651 Å². The maximum absolute atomic E-state index is 13.2. The van der Waals surface area contributed by atoms with E-state index in [2.05, 4.69) is 48.5 Å². The third kappa shape index (κ3) is 80.1. The smallest absolute Gasteiger partial charge is 0.462 e. The lowest BCUT2D eigenvalue weighted by atomic mass is 10.0. The van der Waals surface area contributed by atoms with E-state index in [1.54, 1.807) is 0 Å². The summed E-state index contributed by atoms with van der Waals surface area (Å²) in [5, 5.41) is 10.7. The van der Waals surface area contributed by atoms with Crippen LogP contribution in [0, 0.1) is 17.8 Å². The van der Waals surface area contributed by atoms with Crippen LogP contribution < -0.4 is 0 Å². The Morgan fingerprint density at radius 2 is 0.434 bits per heavy atom. The first-order valence-corrected chi connectivity index (χ1v) is 47.8. The van der Waals surface area contributed by atoms with Crippen LogP contribution in [0.15, 0.2) is 0 Å². The molecule has 3 N–H and O–H groups in total. The van der Waals surface area contributed by atoms with Crippen molar-refractivity contribution in [3.8, 4) is 0 Å². The van der Waals surface area contributed by atoms with Crippen LogP contribution in [0.1, 0.15) is 459 Å². The number of aliphatic hydroxyl groups is 1. The summed E-state index contributed by atoms with van der Waals surface area (Å²) in [5.74, 6) is 0.228. The lowest BCUT2D eigenvalue weighted by Crippen LogP contribution is -2.30. The first-order valence-electron chi connectivity index (χ1n) is 44.8. The van der Waals surface area contributed by atoms with Gasteiger partial charge in [0.15, 0.2) is 12.2 Å². The summed E-state index contributed by atoms with van der Waals surface area (Å²) in [6.45, 7) is 12.0. The number of rotatable bonds is 85. The summed E-state index contributed by atoms with van der Waals surface area (Å²) in [7, 11) is -9.93. The van der Waals surface area contributed by atoms with Gasteiger partial charge >= 0.3 is 39.5 Å². The minimum absolute atomic E-state index is 0.108. The van der Waals surface area contributed by atoms with Gasteiger partial charge in [-0.25, -0.2) is 9.13 Å². The molecular formula is C87H170O17P2. The van der Waals surface area contributed by atoms with Crippen molar-refractivity contribution in [3.63, 3.8) is 0 Å². The van der Waals surface area contributed by atoms with Gasteiger partial charge in [-0.05, 0) is 43.4 Å². The quantitative estimate of drug-likeness (QED) is 0.0222. The van der Waals surface area contributed by atoms with Gasteiger partial charge in [-0.2, -0.15) is 0 Å². The van der Waals surface area contributed by atoms with E-state index in [0.29, 0.717) is 31.6 Å². The van der Waals surface area contributed by atoms with Crippen LogP contribution in [-0.4, -0.2) is 96.7 Å². The third-order valence-electron chi connectivity index (χ3n) is 20.4. The number of aliphatic hydroxyl groups excluding tert-OH is 1. The SMILES string of the molecule is CCCCCCCCCCCCCCCCCCCC(=O)O[C@H](COC(=O)CCCCCCCCCC(C)C)COP(=O)(O)OC[C@H](O)COP(=O)(O)OC[C@@H](COC(=O)CCCCCCCCCCCCCCCCCC(C)C)OC(=O)CCCCCCCCCCCCCCCCCCCCC(C)C. The maximum atomic E-state index is 13.2. The number of hydrogen-bond acceptors (Lipinski definition) is 15. The van der Waals surface area contributed by atoms with E-state index in [0.717, 1.165) is 108 Å². The standard InChI is InChI=1S/C87H170O17P2/c1-8-9-10-11-12-13-14-15-16-19-25-31-36-41-48-56-63-71-87(92)104-83(75-98-85(90)69-62-55-50-43-46-53-60-67-80(6)7)77-102-106(95,96)100-73-81(88)72-99-105(93,94)101-76-82(74-97-84(89)68-61-54-47-40-35-30-27-22-24-29-34-39-45-52-59-66-79(4)5)103-86(91)70-64-57-49-42-37-32-26-21-18-17-20-23-28-33-38-44-51-58-65-78(2)3/h78-83,88H,8-77H2,1-7H3,(H,93,94)(H,95,96)/t81-,82-,83-/m1/s1. The van der Waals surface area contributed by atoms with Gasteiger partial charge in [-0.15, -0.1) is 0 Å². The molecule has 2 unspecified atom stereocenters. The molecule has 106 heavy (non-hydrogen) atoms. The van der Waals surface area contributed by atoms with Crippen molar-refractivity contribution in [1.29, 1.82) is 0 Å². The van der Waals surface area contributed by atoms with Crippen LogP contribution in [0.2, 0.25) is 0 Å². The number of unbranched alkanes of at least 4 members (excludes halogenated alkanes) is 53. The second kappa shape index (κ2) is 77.0. The zero-order chi connectivity index (χ0) is 77.9. The number of carbonyl (C=O) groups is 4. The largest absolute Gasteiger partial charge is 0.472 e. The fourth-order valence-electron chi connectivity index (χ4n) is 13.5. The van der Waals surface area contributed by atoms with Crippen molar-refractivity contribution in [1.82, 2.24) is 0 Å². The summed E-state index contributed by atoms with van der Waals surface area (Å²) < 4.78 is 68.9. The number of esters is 4. The summed E-state index contributed by atoms with van der Waals surface area (Å²) >= 11 is 0. The van der Waals surface area contributed by atoms with Crippen LogP contribution >= 0.6 is 15.6 Å². The first kappa shape index (κ1) is 104. The zero-order valence-corrected chi connectivity index (χ0v) is 71.7. The Kier molecular flexibility index (Phi) is 75.6. The Bertz CT molecular complexity index is 2040. The van der Waals surface area contributed by atoms with Crippen LogP contribution in [-0.2, 0) is 65.4 Å². The summed E-state index contributed by atoms with van der Waals surface area (Å²) in [6, 6.07) is 0. The second-order valence-electron chi connectivity index (χ2n) is 32.7. The van der Waals surface area contributed by atoms with E-state index in [4.69, 9.17) is 37.0 Å². The van der Waals surface area contributed by atoms with Crippen molar-refractivity contribution < 1.29 is 80.2 Å². The van der Waals surface area contributed by atoms with Crippen LogP contribution in [0.25, 0.3) is 0 Å². The van der Waals surface area contributed by atoms with E-state index in [9.17, 15) is 43.2 Å². The van der Waals surface area contributed by atoms with Gasteiger partial charge < -0.3 is 33.8 Å². The number of phosphoric ester groups is 2. The number of ether oxygens (including phenoxy) is 4. The number of hydrogen-bond donors (Lipinski definition) is 3. The molecule has 0 bridgehead atoms. The molecule has 630 valence electrons. The number of carbonyl (C=O) groups excluding carboxylic acids is 4. The molecule has 0 amide bonds. The highest BCUT2D eigenvalue weighted by Gasteiger charge is 2.30.